The first-order valence-corrected chi connectivity index (χ1v) is 5.44. The van der Waals surface area contributed by atoms with Crippen molar-refractivity contribution in [2.75, 3.05) is 27.2 Å². The van der Waals surface area contributed by atoms with Gasteiger partial charge in [0.15, 0.2) is 0 Å². The van der Waals surface area contributed by atoms with E-state index in [1.165, 1.54) is 16.7 Å². The number of aliphatic hydroxyl groups is 1. The standard InChI is InChI=1S/C13H22NO.BrH/c1-11-6-5-7-13(12(11)2)10-14(3,4)8-9-15;/h5-7,15H,8-10H2,1-4H3;1H/q+1;/p-1. The Kier molecular flexibility index (Phi) is 6.23. The van der Waals surface area contributed by atoms with Crippen molar-refractivity contribution in [3.05, 3.63) is 34.9 Å². The summed E-state index contributed by atoms with van der Waals surface area (Å²) < 4.78 is 0.834. The number of aryl methyl sites for hydroxylation is 1. The number of hydrogen-bond donors (Lipinski definition) is 1. The number of benzene rings is 1. The van der Waals surface area contributed by atoms with Crippen molar-refractivity contribution < 1.29 is 26.6 Å². The maximum atomic E-state index is 8.99. The van der Waals surface area contributed by atoms with Crippen molar-refractivity contribution in [2.45, 2.75) is 20.4 Å². The molecule has 0 aliphatic heterocycles. The molecule has 92 valence electrons. The summed E-state index contributed by atoms with van der Waals surface area (Å²) in [5.74, 6) is 0. The normalized spacial score (nSPS) is 11.1. The molecule has 0 amide bonds. The Hall–Kier alpha value is -0.380. The summed E-state index contributed by atoms with van der Waals surface area (Å²) in [5.41, 5.74) is 4.10. The van der Waals surface area contributed by atoms with Gasteiger partial charge in [-0.3, -0.25) is 0 Å². The van der Waals surface area contributed by atoms with E-state index in [0.717, 1.165) is 17.6 Å². The smallest absolute Gasteiger partial charge is 0.104 e. The van der Waals surface area contributed by atoms with Crippen molar-refractivity contribution in [2.24, 2.45) is 0 Å². The molecule has 2 nitrogen and oxygen atoms in total. The van der Waals surface area contributed by atoms with Crippen LogP contribution in [0.2, 0.25) is 0 Å². The lowest BCUT2D eigenvalue weighted by atomic mass is 10.0. The van der Waals surface area contributed by atoms with Crippen LogP contribution < -0.4 is 17.0 Å². The summed E-state index contributed by atoms with van der Waals surface area (Å²) in [6.45, 7) is 6.34. The van der Waals surface area contributed by atoms with Gasteiger partial charge in [-0.1, -0.05) is 18.2 Å². The van der Waals surface area contributed by atoms with Gasteiger partial charge in [-0.15, -0.1) is 0 Å². The molecule has 1 aromatic rings. The molecule has 0 saturated carbocycles. The predicted octanol–water partition coefficient (Wildman–Crippen LogP) is -1.12. The first kappa shape index (κ1) is 15.6. The Morgan fingerprint density at radius 1 is 1.19 bits per heavy atom. The van der Waals surface area contributed by atoms with Crippen molar-refractivity contribution in [1.82, 2.24) is 0 Å². The van der Waals surface area contributed by atoms with Crippen LogP contribution in [-0.4, -0.2) is 36.8 Å². The number of aliphatic hydroxyl groups excluding tert-OH is 1. The lowest BCUT2D eigenvalue weighted by Gasteiger charge is -2.29. The average Bonchev–Trinajstić information content (AvgIpc) is 2.12. The van der Waals surface area contributed by atoms with Crippen LogP contribution in [0.5, 0.6) is 0 Å². The Bertz CT molecular complexity index is 337. The number of halogens is 1. The molecule has 0 bridgehead atoms. The largest absolute Gasteiger partial charge is 1.00 e. The zero-order valence-electron chi connectivity index (χ0n) is 10.6. The van der Waals surface area contributed by atoms with E-state index in [-0.39, 0.29) is 23.6 Å². The molecule has 0 saturated heterocycles. The van der Waals surface area contributed by atoms with Crippen LogP contribution >= 0.6 is 0 Å². The SMILES string of the molecule is Cc1cccc(C[N+](C)(C)CCO)c1C.[Br-]. The third-order valence-electron chi connectivity index (χ3n) is 3.02. The highest BCUT2D eigenvalue weighted by molar-refractivity contribution is 5.32. The van der Waals surface area contributed by atoms with E-state index in [2.05, 4.69) is 46.1 Å². The van der Waals surface area contributed by atoms with Crippen LogP contribution in [0.3, 0.4) is 0 Å². The van der Waals surface area contributed by atoms with Crippen molar-refractivity contribution in [3.8, 4) is 0 Å². The van der Waals surface area contributed by atoms with Crippen LogP contribution in [0.4, 0.5) is 0 Å². The van der Waals surface area contributed by atoms with Crippen LogP contribution in [0.1, 0.15) is 16.7 Å². The van der Waals surface area contributed by atoms with Crippen LogP contribution in [0.15, 0.2) is 18.2 Å². The van der Waals surface area contributed by atoms with Crippen LogP contribution in [-0.2, 0) is 6.54 Å². The van der Waals surface area contributed by atoms with Gasteiger partial charge in [0.05, 0.1) is 20.7 Å². The highest BCUT2D eigenvalue weighted by Crippen LogP contribution is 2.16. The van der Waals surface area contributed by atoms with E-state index in [9.17, 15) is 0 Å². The quantitative estimate of drug-likeness (QED) is 0.696. The number of likely N-dealkylation sites (N-methyl/N-ethyl adjacent to an activating group) is 1. The lowest BCUT2D eigenvalue weighted by molar-refractivity contribution is -0.903. The molecule has 0 aliphatic rings. The second-order valence-corrected chi connectivity index (χ2v) is 4.90. The lowest BCUT2D eigenvalue weighted by Crippen LogP contribution is -3.00. The van der Waals surface area contributed by atoms with Gasteiger partial charge in [-0.2, -0.15) is 0 Å². The summed E-state index contributed by atoms with van der Waals surface area (Å²) in [7, 11) is 4.30. The summed E-state index contributed by atoms with van der Waals surface area (Å²) in [5, 5.41) is 8.99. The van der Waals surface area contributed by atoms with E-state index in [1.807, 2.05) is 0 Å². The topological polar surface area (TPSA) is 20.2 Å². The highest BCUT2D eigenvalue weighted by atomic mass is 79.9. The van der Waals surface area contributed by atoms with Gasteiger partial charge in [0.1, 0.15) is 13.1 Å². The minimum absolute atomic E-state index is 0. The van der Waals surface area contributed by atoms with Crippen molar-refractivity contribution in [3.63, 3.8) is 0 Å². The molecule has 0 radical (unpaired) electrons. The van der Waals surface area contributed by atoms with Crippen molar-refractivity contribution >= 4 is 0 Å². The minimum Gasteiger partial charge on any atom is -1.00 e. The molecule has 0 heterocycles. The molecule has 0 fully saturated rings. The average molecular weight is 288 g/mol. The summed E-state index contributed by atoms with van der Waals surface area (Å²) in [6.07, 6.45) is 0. The Morgan fingerprint density at radius 3 is 2.38 bits per heavy atom. The third-order valence-corrected chi connectivity index (χ3v) is 3.02. The molecule has 0 aromatic heterocycles. The Balaban J connectivity index is 0.00000225. The molecule has 16 heavy (non-hydrogen) atoms. The summed E-state index contributed by atoms with van der Waals surface area (Å²) in [4.78, 5) is 0. The van der Waals surface area contributed by atoms with E-state index in [0.29, 0.717) is 0 Å². The monoisotopic (exact) mass is 287 g/mol. The zero-order chi connectivity index (χ0) is 11.5. The Labute approximate surface area is 109 Å². The second kappa shape index (κ2) is 6.38. The first-order valence-electron chi connectivity index (χ1n) is 5.44. The van der Waals surface area contributed by atoms with Gasteiger partial charge >= 0.3 is 0 Å². The van der Waals surface area contributed by atoms with Gasteiger partial charge in [0.25, 0.3) is 0 Å². The van der Waals surface area contributed by atoms with E-state index < -0.39 is 0 Å². The maximum absolute atomic E-state index is 8.99. The highest BCUT2D eigenvalue weighted by Gasteiger charge is 2.16. The van der Waals surface area contributed by atoms with E-state index >= 15 is 0 Å². The zero-order valence-corrected chi connectivity index (χ0v) is 12.2. The maximum Gasteiger partial charge on any atom is 0.104 e. The minimum atomic E-state index is 0. The number of nitrogens with zero attached hydrogens (tertiary/aromatic N) is 1. The molecule has 1 N–H and O–H groups in total. The summed E-state index contributed by atoms with van der Waals surface area (Å²) >= 11 is 0. The predicted molar refractivity (Wildman–Crippen MR) is 63.7 cm³/mol. The fourth-order valence-corrected chi connectivity index (χ4v) is 1.79. The van der Waals surface area contributed by atoms with Gasteiger partial charge in [0.2, 0.25) is 0 Å². The molecule has 0 aliphatic carbocycles. The fourth-order valence-electron chi connectivity index (χ4n) is 1.79. The third kappa shape index (κ3) is 4.24. The molecule has 3 heteroatoms. The number of hydrogen-bond acceptors (Lipinski definition) is 1. The molecule has 0 atom stereocenters. The number of quaternary nitrogens is 1. The van der Waals surface area contributed by atoms with Gasteiger partial charge in [-0.05, 0) is 25.0 Å². The van der Waals surface area contributed by atoms with Gasteiger partial charge in [-0.25, -0.2) is 0 Å². The molecule has 1 aromatic carbocycles. The molecule has 0 unspecified atom stereocenters. The molecular formula is C13H22BrNO. The van der Waals surface area contributed by atoms with Gasteiger partial charge in [0, 0.05) is 5.56 Å². The number of rotatable bonds is 4. The van der Waals surface area contributed by atoms with E-state index in [4.69, 9.17) is 5.11 Å². The van der Waals surface area contributed by atoms with Crippen LogP contribution in [0.25, 0.3) is 0 Å². The van der Waals surface area contributed by atoms with E-state index in [1.54, 1.807) is 0 Å². The molecule has 1 rings (SSSR count). The van der Waals surface area contributed by atoms with Gasteiger partial charge < -0.3 is 26.6 Å². The summed E-state index contributed by atoms with van der Waals surface area (Å²) in [6, 6.07) is 6.43. The second-order valence-electron chi connectivity index (χ2n) is 4.90. The molecule has 0 spiro atoms. The molecular weight excluding hydrogens is 266 g/mol. The fraction of sp³-hybridized carbons (Fsp3) is 0.538. The van der Waals surface area contributed by atoms with Crippen molar-refractivity contribution in [1.29, 1.82) is 0 Å². The Morgan fingerprint density at radius 2 is 1.81 bits per heavy atom. The van der Waals surface area contributed by atoms with Crippen LogP contribution in [0, 0.1) is 13.8 Å². The first-order chi connectivity index (χ1) is 6.96.